The molecule has 100 valence electrons. The number of anilines is 1. The highest BCUT2D eigenvalue weighted by molar-refractivity contribution is 7.89. The molecule has 0 saturated carbocycles. The van der Waals surface area contributed by atoms with Gasteiger partial charge in [-0.1, -0.05) is 19.9 Å². The van der Waals surface area contributed by atoms with Gasteiger partial charge in [0.15, 0.2) is 0 Å². The molecule has 0 saturated heterocycles. The number of nitrogens with one attached hydrogen (secondary N) is 2. The Hall–Kier alpha value is -1.07. The normalized spacial score (nSPS) is 14.6. The van der Waals surface area contributed by atoms with Gasteiger partial charge >= 0.3 is 0 Å². The average molecular weight is 268 g/mol. The van der Waals surface area contributed by atoms with Gasteiger partial charge in [-0.3, -0.25) is 0 Å². The first-order valence-corrected chi connectivity index (χ1v) is 7.94. The van der Waals surface area contributed by atoms with Gasteiger partial charge in [-0.15, -0.1) is 0 Å². The van der Waals surface area contributed by atoms with Crippen molar-refractivity contribution < 1.29 is 8.42 Å². The van der Waals surface area contributed by atoms with E-state index in [1.54, 1.807) is 12.1 Å². The molecule has 0 aromatic heterocycles. The smallest absolute Gasteiger partial charge is 0.240 e. The zero-order chi connectivity index (χ0) is 13.2. The fraction of sp³-hybridized carbons (Fsp3) is 0.538. The molecule has 0 radical (unpaired) electrons. The highest BCUT2D eigenvalue weighted by Gasteiger charge is 2.20. The molecule has 18 heavy (non-hydrogen) atoms. The Labute approximate surface area is 109 Å². The lowest BCUT2D eigenvalue weighted by Crippen LogP contribution is -2.33. The molecule has 1 aliphatic rings. The molecular weight excluding hydrogens is 248 g/mol. The number of benzene rings is 1. The minimum atomic E-state index is -3.40. The van der Waals surface area contributed by atoms with Gasteiger partial charge in [-0.05, 0) is 37.0 Å². The summed E-state index contributed by atoms with van der Waals surface area (Å²) in [6.45, 7) is 4.86. The molecule has 2 rings (SSSR count). The third-order valence-corrected chi connectivity index (χ3v) is 4.93. The number of hydrogen-bond donors (Lipinski definition) is 2. The summed E-state index contributed by atoms with van der Waals surface area (Å²) in [4.78, 5) is 0.350. The molecule has 2 N–H and O–H groups in total. The maximum absolute atomic E-state index is 12.2. The predicted molar refractivity (Wildman–Crippen MR) is 73.3 cm³/mol. The van der Waals surface area contributed by atoms with Gasteiger partial charge in [0.1, 0.15) is 0 Å². The molecule has 1 heterocycles. The molecule has 4 nitrogen and oxygen atoms in total. The van der Waals surface area contributed by atoms with Crippen LogP contribution in [-0.2, 0) is 16.4 Å². The molecular formula is C13H20N2O2S. The van der Waals surface area contributed by atoms with Crippen molar-refractivity contribution in [2.24, 2.45) is 0 Å². The van der Waals surface area contributed by atoms with E-state index in [9.17, 15) is 8.42 Å². The van der Waals surface area contributed by atoms with Crippen LogP contribution in [0.3, 0.4) is 0 Å². The molecule has 0 atom stereocenters. The quantitative estimate of drug-likeness (QED) is 0.860. The first-order valence-electron chi connectivity index (χ1n) is 6.46. The Morgan fingerprint density at radius 1 is 1.33 bits per heavy atom. The van der Waals surface area contributed by atoms with Gasteiger partial charge in [-0.2, -0.15) is 0 Å². The van der Waals surface area contributed by atoms with Gasteiger partial charge < -0.3 is 5.32 Å². The molecule has 0 spiro atoms. The zero-order valence-corrected chi connectivity index (χ0v) is 11.7. The van der Waals surface area contributed by atoms with Crippen molar-refractivity contribution in [2.45, 2.75) is 44.0 Å². The lowest BCUT2D eigenvalue weighted by molar-refractivity contribution is 0.530. The SMILES string of the molecule is CCC(CC)NS(=O)(=O)c1ccc2c(c1)NCC2. The fourth-order valence-electron chi connectivity index (χ4n) is 2.18. The molecule has 0 aliphatic carbocycles. The maximum atomic E-state index is 12.2. The fourth-order valence-corrected chi connectivity index (χ4v) is 3.61. The van der Waals surface area contributed by atoms with Crippen molar-refractivity contribution in [2.75, 3.05) is 11.9 Å². The summed E-state index contributed by atoms with van der Waals surface area (Å²) in [5, 5.41) is 3.20. The summed E-state index contributed by atoms with van der Waals surface area (Å²) in [7, 11) is -3.40. The Morgan fingerprint density at radius 3 is 2.72 bits per heavy atom. The lowest BCUT2D eigenvalue weighted by Gasteiger charge is -2.15. The first-order chi connectivity index (χ1) is 8.56. The van der Waals surface area contributed by atoms with Crippen LogP contribution in [0.1, 0.15) is 32.3 Å². The second kappa shape index (κ2) is 5.28. The summed E-state index contributed by atoms with van der Waals surface area (Å²) in [5.74, 6) is 0. The summed E-state index contributed by atoms with van der Waals surface area (Å²) < 4.78 is 27.2. The number of fused-ring (bicyclic) bond motifs is 1. The molecule has 0 fully saturated rings. The molecule has 0 unspecified atom stereocenters. The number of rotatable bonds is 5. The van der Waals surface area contributed by atoms with E-state index in [1.165, 1.54) is 5.56 Å². The average Bonchev–Trinajstić information content (AvgIpc) is 2.83. The van der Waals surface area contributed by atoms with Crippen LogP contribution in [0.25, 0.3) is 0 Å². The van der Waals surface area contributed by atoms with E-state index < -0.39 is 10.0 Å². The van der Waals surface area contributed by atoms with Crippen LogP contribution < -0.4 is 10.0 Å². The summed E-state index contributed by atoms with van der Waals surface area (Å²) in [5.41, 5.74) is 2.14. The van der Waals surface area contributed by atoms with Crippen LogP contribution >= 0.6 is 0 Å². The summed E-state index contributed by atoms with van der Waals surface area (Å²) in [6, 6.07) is 5.33. The minimum absolute atomic E-state index is 0.0104. The van der Waals surface area contributed by atoms with Gasteiger partial charge in [0, 0.05) is 18.3 Å². The van der Waals surface area contributed by atoms with Crippen molar-refractivity contribution in [3.05, 3.63) is 23.8 Å². The maximum Gasteiger partial charge on any atom is 0.240 e. The predicted octanol–water partition coefficient (Wildman–Crippen LogP) is 2.12. The van der Waals surface area contributed by atoms with E-state index in [-0.39, 0.29) is 6.04 Å². The van der Waals surface area contributed by atoms with Crippen molar-refractivity contribution in [1.29, 1.82) is 0 Å². The topological polar surface area (TPSA) is 58.2 Å². The van der Waals surface area contributed by atoms with E-state index in [4.69, 9.17) is 0 Å². The van der Waals surface area contributed by atoms with Crippen molar-refractivity contribution in [3.8, 4) is 0 Å². The highest BCUT2D eigenvalue weighted by Crippen LogP contribution is 2.25. The van der Waals surface area contributed by atoms with E-state index in [1.807, 2.05) is 19.9 Å². The van der Waals surface area contributed by atoms with E-state index >= 15 is 0 Å². The molecule has 0 bridgehead atoms. The van der Waals surface area contributed by atoms with Crippen LogP contribution in [0.4, 0.5) is 5.69 Å². The Bertz CT molecular complexity index is 522. The largest absolute Gasteiger partial charge is 0.384 e. The molecule has 1 aliphatic heterocycles. The van der Waals surface area contributed by atoms with Gasteiger partial charge in [-0.25, -0.2) is 13.1 Å². The van der Waals surface area contributed by atoms with Crippen LogP contribution in [0, 0.1) is 0 Å². The van der Waals surface area contributed by atoms with Gasteiger partial charge in [0.2, 0.25) is 10.0 Å². The van der Waals surface area contributed by atoms with E-state index in [0.29, 0.717) is 4.90 Å². The van der Waals surface area contributed by atoms with E-state index in [2.05, 4.69) is 10.0 Å². The van der Waals surface area contributed by atoms with Crippen LogP contribution in [0.2, 0.25) is 0 Å². The first kappa shape index (κ1) is 13.4. The van der Waals surface area contributed by atoms with Crippen LogP contribution in [0.5, 0.6) is 0 Å². The van der Waals surface area contributed by atoms with Crippen molar-refractivity contribution in [3.63, 3.8) is 0 Å². The highest BCUT2D eigenvalue weighted by atomic mass is 32.2. The molecule has 1 aromatic carbocycles. The van der Waals surface area contributed by atoms with Crippen LogP contribution in [0.15, 0.2) is 23.1 Å². The second-order valence-corrected chi connectivity index (χ2v) is 6.34. The third kappa shape index (κ3) is 2.67. The molecule has 5 heteroatoms. The number of sulfonamides is 1. The van der Waals surface area contributed by atoms with Crippen LogP contribution in [-0.4, -0.2) is 21.0 Å². The third-order valence-electron chi connectivity index (χ3n) is 3.41. The molecule has 1 aromatic rings. The zero-order valence-electron chi connectivity index (χ0n) is 10.9. The Balaban J connectivity index is 2.24. The van der Waals surface area contributed by atoms with Crippen molar-refractivity contribution in [1.82, 2.24) is 4.72 Å². The lowest BCUT2D eigenvalue weighted by atomic mass is 10.2. The van der Waals surface area contributed by atoms with Gasteiger partial charge in [0.25, 0.3) is 0 Å². The monoisotopic (exact) mass is 268 g/mol. The van der Waals surface area contributed by atoms with E-state index in [0.717, 1.165) is 31.5 Å². The number of hydrogen-bond acceptors (Lipinski definition) is 3. The Morgan fingerprint density at radius 2 is 2.06 bits per heavy atom. The summed E-state index contributed by atoms with van der Waals surface area (Å²) >= 11 is 0. The Kier molecular flexibility index (Phi) is 3.92. The second-order valence-electron chi connectivity index (χ2n) is 4.63. The molecule has 0 amide bonds. The standard InChI is InChI=1S/C13H20N2O2S/c1-3-11(4-2)15-18(16,17)12-6-5-10-7-8-14-13(10)9-12/h5-6,9,11,14-15H,3-4,7-8H2,1-2H3. The summed E-state index contributed by atoms with van der Waals surface area (Å²) in [6.07, 6.45) is 2.58. The van der Waals surface area contributed by atoms with Gasteiger partial charge in [0.05, 0.1) is 4.90 Å². The minimum Gasteiger partial charge on any atom is -0.384 e. The van der Waals surface area contributed by atoms with Crippen molar-refractivity contribution >= 4 is 15.7 Å².